The summed E-state index contributed by atoms with van der Waals surface area (Å²) in [5.41, 5.74) is 0.690. The molecule has 0 spiro atoms. The molecule has 2 aliphatic heterocycles. The van der Waals surface area contributed by atoms with Gasteiger partial charge in [0.15, 0.2) is 5.82 Å². The second-order valence-electron chi connectivity index (χ2n) is 4.87. The van der Waals surface area contributed by atoms with Crippen LogP contribution < -0.4 is 20.9 Å². The largest absolute Gasteiger partial charge is 0.353 e. The lowest BCUT2D eigenvalue weighted by atomic mass is 10.2. The maximum Gasteiger partial charge on any atom is 0.315 e. The highest BCUT2D eigenvalue weighted by Crippen LogP contribution is 2.25. The van der Waals surface area contributed by atoms with Crippen molar-refractivity contribution in [3.8, 4) is 0 Å². The average molecular weight is 307 g/mol. The van der Waals surface area contributed by atoms with Crippen LogP contribution in [0.25, 0.3) is 0 Å². The highest BCUT2D eigenvalue weighted by molar-refractivity contribution is 7.99. The van der Waals surface area contributed by atoms with E-state index in [0.717, 1.165) is 30.4 Å². The molecule has 2 aliphatic rings. The summed E-state index contributed by atoms with van der Waals surface area (Å²) in [4.78, 5) is 29.9. The van der Waals surface area contributed by atoms with Crippen molar-refractivity contribution in [2.24, 2.45) is 0 Å². The zero-order chi connectivity index (χ0) is 14.7. The van der Waals surface area contributed by atoms with Gasteiger partial charge in [-0.2, -0.15) is 11.8 Å². The fraction of sp³-hybridized carbons (Fsp3) is 0.462. The minimum atomic E-state index is -0.539. The van der Waals surface area contributed by atoms with Crippen molar-refractivity contribution < 1.29 is 9.59 Å². The van der Waals surface area contributed by atoms with Crippen molar-refractivity contribution >= 4 is 35.2 Å². The van der Waals surface area contributed by atoms with Gasteiger partial charge in [0.1, 0.15) is 6.04 Å². The summed E-state index contributed by atoms with van der Waals surface area (Å²) in [6, 6.07) is 2.78. The van der Waals surface area contributed by atoms with E-state index in [-0.39, 0.29) is 11.9 Å². The van der Waals surface area contributed by atoms with Crippen LogP contribution >= 0.6 is 11.8 Å². The predicted molar refractivity (Wildman–Crippen MR) is 82.7 cm³/mol. The summed E-state index contributed by atoms with van der Waals surface area (Å²) in [5, 5.41) is 8.01. The number of carbonyl (C=O) groups excluding carboxylic acids is 2. The predicted octanol–water partition coefficient (Wildman–Crippen LogP) is 0.255. The molecule has 3 N–H and O–H groups in total. The number of nitrogens with one attached hydrogen (secondary N) is 3. The first-order valence-corrected chi connectivity index (χ1v) is 8.02. The second kappa shape index (κ2) is 6.21. The van der Waals surface area contributed by atoms with E-state index >= 15 is 0 Å². The van der Waals surface area contributed by atoms with Gasteiger partial charge in [-0.25, -0.2) is 9.78 Å². The monoisotopic (exact) mass is 307 g/mol. The normalized spacial score (nSPS) is 21.6. The molecular formula is C13H17N5O2S. The number of amides is 3. The van der Waals surface area contributed by atoms with Crippen LogP contribution in [-0.2, 0) is 4.79 Å². The molecule has 8 heteroatoms. The molecule has 2 fully saturated rings. The molecule has 112 valence electrons. The van der Waals surface area contributed by atoms with E-state index in [1.165, 1.54) is 0 Å². The van der Waals surface area contributed by atoms with Gasteiger partial charge in [-0.3, -0.25) is 4.79 Å². The smallest absolute Gasteiger partial charge is 0.315 e. The van der Waals surface area contributed by atoms with Gasteiger partial charge in [0, 0.05) is 37.3 Å². The Morgan fingerprint density at radius 1 is 1.43 bits per heavy atom. The van der Waals surface area contributed by atoms with Crippen molar-refractivity contribution in [2.75, 3.05) is 41.4 Å². The molecule has 0 saturated carbocycles. The summed E-state index contributed by atoms with van der Waals surface area (Å²) < 4.78 is 0. The van der Waals surface area contributed by atoms with Crippen molar-refractivity contribution in [1.82, 2.24) is 15.6 Å². The molecule has 0 aliphatic carbocycles. The Kier molecular flexibility index (Phi) is 4.14. The van der Waals surface area contributed by atoms with E-state index in [9.17, 15) is 9.59 Å². The van der Waals surface area contributed by atoms with Crippen LogP contribution in [0.15, 0.2) is 18.3 Å². The fourth-order valence-corrected chi connectivity index (χ4v) is 3.26. The summed E-state index contributed by atoms with van der Waals surface area (Å²) >= 11 is 1.92. The minimum absolute atomic E-state index is 0.228. The molecule has 0 aromatic carbocycles. The highest BCUT2D eigenvalue weighted by Gasteiger charge is 2.27. The molecule has 1 unspecified atom stereocenters. The molecule has 21 heavy (non-hydrogen) atoms. The Morgan fingerprint density at radius 3 is 2.95 bits per heavy atom. The van der Waals surface area contributed by atoms with Gasteiger partial charge in [-0.1, -0.05) is 0 Å². The average Bonchev–Trinajstić information content (AvgIpc) is 2.95. The third-order valence-electron chi connectivity index (χ3n) is 3.44. The molecule has 3 rings (SSSR count). The topological polar surface area (TPSA) is 86.4 Å². The fourth-order valence-electron chi connectivity index (χ4n) is 2.35. The third-order valence-corrected chi connectivity index (χ3v) is 4.39. The maximum absolute atomic E-state index is 12.2. The van der Waals surface area contributed by atoms with E-state index in [4.69, 9.17) is 0 Å². The minimum Gasteiger partial charge on any atom is -0.353 e. The van der Waals surface area contributed by atoms with Crippen LogP contribution in [0, 0.1) is 0 Å². The molecule has 3 heterocycles. The van der Waals surface area contributed by atoms with Gasteiger partial charge in [0.25, 0.3) is 0 Å². The van der Waals surface area contributed by atoms with Gasteiger partial charge in [-0.15, -0.1) is 0 Å². The van der Waals surface area contributed by atoms with Gasteiger partial charge < -0.3 is 20.9 Å². The first kappa shape index (κ1) is 14.0. The first-order chi connectivity index (χ1) is 10.2. The Labute approximate surface area is 126 Å². The van der Waals surface area contributed by atoms with E-state index < -0.39 is 6.04 Å². The molecule has 0 bridgehead atoms. The number of aromatic nitrogens is 1. The van der Waals surface area contributed by atoms with Gasteiger partial charge in [-0.05, 0) is 12.1 Å². The van der Waals surface area contributed by atoms with Gasteiger partial charge >= 0.3 is 6.03 Å². The maximum atomic E-state index is 12.2. The Morgan fingerprint density at radius 2 is 2.24 bits per heavy atom. The third kappa shape index (κ3) is 3.21. The number of urea groups is 1. The lowest BCUT2D eigenvalue weighted by Gasteiger charge is -2.29. The SMILES string of the molecule is O=C1NCC(C(=O)Nc2cccnc2N2CCSCC2)N1. The van der Waals surface area contributed by atoms with Crippen LogP contribution in [0.1, 0.15) is 0 Å². The molecule has 2 saturated heterocycles. The number of hydrogen-bond donors (Lipinski definition) is 3. The molecule has 1 aromatic rings. The van der Waals surface area contributed by atoms with Crippen LogP contribution in [0.4, 0.5) is 16.3 Å². The van der Waals surface area contributed by atoms with E-state index in [2.05, 4.69) is 25.8 Å². The molecule has 1 atom stereocenters. The number of carbonyl (C=O) groups is 2. The second-order valence-corrected chi connectivity index (χ2v) is 6.09. The first-order valence-electron chi connectivity index (χ1n) is 6.87. The Bertz CT molecular complexity index is 547. The zero-order valence-electron chi connectivity index (χ0n) is 11.5. The number of hydrogen-bond acceptors (Lipinski definition) is 5. The molecule has 3 amide bonds. The number of nitrogens with zero attached hydrogens (tertiary/aromatic N) is 2. The standard InChI is InChI=1S/C13H17N5O2S/c19-12(10-8-15-13(20)17-10)16-9-2-1-3-14-11(9)18-4-6-21-7-5-18/h1-3,10H,4-8H2,(H,16,19)(H2,15,17,20). The summed E-state index contributed by atoms with van der Waals surface area (Å²) in [5.74, 6) is 2.69. The lowest BCUT2D eigenvalue weighted by molar-refractivity contribution is -0.117. The number of thioether (sulfide) groups is 1. The molecule has 0 radical (unpaired) electrons. The van der Waals surface area contributed by atoms with E-state index in [1.54, 1.807) is 12.3 Å². The van der Waals surface area contributed by atoms with Gasteiger partial charge in [0.05, 0.1) is 5.69 Å². The highest BCUT2D eigenvalue weighted by atomic mass is 32.2. The Balaban J connectivity index is 1.72. The summed E-state index contributed by atoms with van der Waals surface area (Å²) in [6.45, 7) is 2.15. The number of pyridine rings is 1. The van der Waals surface area contributed by atoms with Crippen molar-refractivity contribution in [2.45, 2.75) is 6.04 Å². The van der Waals surface area contributed by atoms with E-state index in [0.29, 0.717) is 12.2 Å². The van der Waals surface area contributed by atoms with Crippen LogP contribution in [0.2, 0.25) is 0 Å². The number of anilines is 2. The van der Waals surface area contributed by atoms with Crippen molar-refractivity contribution in [1.29, 1.82) is 0 Å². The van der Waals surface area contributed by atoms with Crippen LogP contribution in [0.3, 0.4) is 0 Å². The lowest BCUT2D eigenvalue weighted by Crippen LogP contribution is -2.39. The Hall–Kier alpha value is -1.96. The molecule has 1 aromatic heterocycles. The van der Waals surface area contributed by atoms with E-state index in [1.807, 2.05) is 17.8 Å². The quantitative estimate of drug-likeness (QED) is 0.745. The van der Waals surface area contributed by atoms with Crippen LogP contribution in [-0.4, -0.2) is 54.1 Å². The summed E-state index contributed by atoms with van der Waals surface area (Å²) in [6.07, 6.45) is 1.73. The van der Waals surface area contributed by atoms with Gasteiger partial charge in [0.2, 0.25) is 5.91 Å². The van der Waals surface area contributed by atoms with Crippen LogP contribution in [0.5, 0.6) is 0 Å². The summed E-state index contributed by atoms with van der Waals surface area (Å²) in [7, 11) is 0. The zero-order valence-corrected chi connectivity index (χ0v) is 12.3. The number of rotatable bonds is 3. The molecule has 7 nitrogen and oxygen atoms in total. The van der Waals surface area contributed by atoms with Crippen molar-refractivity contribution in [3.63, 3.8) is 0 Å². The van der Waals surface area contributed by atoms with Crippen molar-refractivity contribution in [3.05, 3.63) is 18.3 Å². The molecular weight excluding hydrogens is 290 g/mol.